The minimum Gasteiger partial charge on any atom is -0.406 e. The van der Waals surface area contributed by atoms with Gasteiger partial charge in [-0.05, 0) is 61.9 Å². The number of para-hydroxylation sites is 1. The molecule has 1 fully saturated rings. The van der Waals surface area contributed by atoms with Crippen LogP contribution in [0.1, 0.15) is 37.1 Å². The van der Waals surface area contributed by atoms with Crippen LogP contribution in [0.15, 0.2) is 97.6 Å². The number of ether oxygens (including phenoxy) is 4. The Labute approximate surface area is 432 Å². The van der Waals surface area contributed by atoms with Crippen molar-refractivity contribution >= 4 is 68.7 Å². The molecule has 1 aliphatic rings. The second-order valence-corrected chi connectivity index (χ2v) is 18.0. The third-order valence-corrected chi connectivity index (χ3v) is 12.4. The standard InChI is InChI=1S/C49H52ClF3N14O6S/c1-32-5-3-8-39(50)45(32)62-47(69)41-28-55-48(74-41)61-43-27-44(59-33(2)58-43)66-16-14-65(15-17-66)18-21-72-30-37-29-67(64-63-37)19-22-71-24-23-70-20-13-54-46(68)35-7-4-6-34(25-35)40-26-42(57-31-56-40)60-36-9-11-38(12-10-36)73-49(51,52)53/h3-12,25-29,31H,13-24,30H2,1-2H3,(H,54,68)(H,62,69)(H,56,57,60)(H,55,58,59,61). The van der Waals surface area contributed by atoms with Crippen molar-refractivity contribution in [3.8, 4) is 17.0 Å². The van der Waals surface area contributed by atoms with Crippen LogP contribution in [0.3, 0.4) is 0 Å². The molecule has 0 radical (unpaired) electrons. The Morgan fingerprint density at radius 3 is 2.38 bits per heavy atom. The van der Waals surface area contributed by atoms with E-state index < -0.39 is 6.36 Å². The SMILES string of the molecule is Cc1nc(Nc2ncc(C(=O)Nc3c(C)cccc3Cl)s2)cc(N2CCN(CCOCc3cn(CCOCCOCCNC(=O)c4cccc(-c5cc(Nc6ccc(OC(F)(F)F)cc6)ncn5)c4)nn3)CC2)n1. The number of aromatic nitrogens is 8. The predicted molar refractivity (Wildman–Crippen MR) is 272 cm³/mol. The summed E-state index contributed by atoms with van der Waals surface area (Å²) in [6.07, 6.45) is -0.0706. The van der Waals surface area contributed by atoms with E-state index in [1.807, 2.05) is 38.2 Å². The first kappa shape index (κ1) is 53.0. The van der Waals surface area contributed by atoms with Gasteiger partial charge < -0.3 is 45.1 Å². The second-order valence-electron chi connectivity index (χ2n) is 16.6. The summed E-state index contributed by atoms with van der Waals surface area (Å²) in [6.45, 7) is 10.9. The molecule has 0 saturated carbocycles. The maximum Gasteiger partial charge on any atom is 0.573 e. The molecule has 0 unspecified atom stereocenters. The highest BCUT2D eigenvalue weighted by atomic mass is 35.5. The number of carbonyl (C=O) groups excluding carboxylic acids is 2. The fourth-order valence-electron chi connectivity index (χ4n) is 7.48. The highest BCUT2D eigenvalue weighted by Gasteiger charge is 2.31. The summed E-state index contributed by atoms with van der Waals surface area (Å²) in [5.41, 5.74) is 4.29. The maximum absolute atomic E-state index is 12.9. The molecule has 1 saturated heterocycles. The number of nitrogens with one attached hydrogen (secondary N) is 4. The highest BCUT2D eigenvalue weighted by molar-refractivity contribution is 7.17. The van der Waals surface area contributed by atoms with Crippen LogP contribution in [-0.4, -0.2) is 135 Å². The van der Waals surface area contributed by atoms with Gasteiger partial charge >= 0.3 is 6.36 Å². The molecule has 8 rings (SSSR count). The Morgan fingerprint density at radius 1 is 0.797 bits per heavy atom. The summed E-state index contributed by atoms with van der Waals surface area (Å²) >= 11 is 7.52. The minimum absolute atomic E-state index is 0.285. The van der Waals surface area contributed by atoms with E-state index in [0.29, 0.717) is 100 Å². The number of halogens is 4. The van der Waals surface area contributed by atoms with Crippen molar-refractivity contribution in [2.24, 2.45) is 0 Å². The molecule has 20 nitrogen and oxygen atoms in total. The molecule has 0 aliphatic carbocycles. The van der Waals surface area contributed by atoms with Crippen molar-refractivity contribution < 1.29 is 41.7 Å². The number of aryl methyl sites for hydroxylation is 2. The number of carbonyl (C=O) groups is 2. The minimum atomic E-state index is -4.78. The number of rotatable bonds is 24. The van der Waals surface area contributed by atoms with E-state index in [-0.39, 0.29) is 30.7 Å². The number of benzene rings is 3. The summed E-state index contributed by atoms with van der Waals surface area (Å²) in [4.78, 5) is 53.0. The van der Waals surface area contributed by atoms with Gasteiger partial charge in [-0.25, -0.2) is 29.6 Å². The van der Waals surface area contributed by atoms with E-state index in [1.165, 1.54) is 48.1 Å². The van der Waals surface area contributed by atoms with Crippen LogP contribution in [0.2, 0.25) is 5.02 Å². The van der Waals surface area contributed by atoms with Crippen LogP contribution in [0, 0.1) is 13.8 Å². The molecular weight excluding hydrogens is 1010 g/mol. The lowest BCUT2D eigenvalue weighted by atomic mass is 10.1. The Morgan fingerprint density at radius 2 is 1.58 bits per heavy atom. The molecule has 0 bridgehead atoms. The molecular formula is C49H52ClF3N14O6S. The van der Waals surface area contributed by atoms with Gasteiger partial charge in [0, 0.05) is 68.2 Å². The van der Waals surface area contributed by atoms with E-state index >= 15 is 0 Å². The van der Waals surface area contributed by atoms with Gasteiger partial charge in [0.05, 0.1) is 75.0 Å². The quantitative estimate of drug-likeness (QED) is 0.0426. The van der Waals surface area contributed by atoms with Gasteiger partial charge in [0.25, 0.3) is 11.8 Å². The molecule has 4 N–H and O–H groups in total. The van der Waals surface area contributed by atoms with Crippen molar-refractivity contribution in [1.29, 1.82) is 0 Å². The summed E-state index contributed by atoms with van der Waals surface area (Å²) in [6, 6.07) is 21.2. The van der Waals surface area contributed by atoms with Gasteiger partial charge in [0.15, 0.2) is 5.13 Å². The first-order chi connectivity index (χ1) is 35.8. The van der Waals surface area contributed by atoms with Crippen molar-refractivity contribution in [2.75, 3.05) is 93.2 Å². The van der Waals surface area contributed by atoms with Crippen LogP contribution in [0.25, 0.3) is 11.3 Å². The van der Waals surface area contributed by atoms with Crippen LogP contribution in [0.5, 0.6) is 5.75 Å². The van der Waals surface area contributed by atoms with Crippen LogP contribution in [-0.2, 0) is 27.4 Å². The molecule has 25 heteroatoms. The molecule has 2 amide bonds. The topological polar surface area (TPSA) is 221 Å². The van der Waals surface area contributed by atoms with E-state index in [1.54, 1.807) is 41.1 Å². The predicted octanol–water partition coefficient (Wildman–Crippen LogP) is 7.69. The monoisotopic (exact) mass is 1060 g/mol. The summed E-state index contributed by atoms with van der Waals surface area (Å²) in [7, 11) is 0. The number of hydrogen-bond donors (Lipinski definition) is 4. The molecule has 5 heterocycles. The zero-order chi connectivity index (χ0) is 51.9. The van der Waals surface area contributed by atoms with E-state index in [4.69, 9.17) is 25.8 Å². The normalized spacial score (nSPS) is 12.9. The van der Waals surface area contributed by atoms with Gasteiger partial charge in [-0.1, -0.05) is 52.4 Å². The van der Waals surface area contributed by atoms with Gasteiger partial charge in [-0.3, -0.25) is 14.5 Å². The third kappa shape index (κ3) is 15.8. The highest BCUT2D eigenvalue weighted by Crippen LogP contribution is 2.30. The second kappa shape index (κ2) is 25.5. The molecule has 7 aromatic rings. The van der Waals surface area contributed by atoms with Gasteiger partial charge in [-0.2, -0.15) is 0 Å². The Hall–Kier alpha value is -7.35. The zero-order valence-corrected chi connectivity index (χ0v) is 41.8. The van der Waals surface area contributed by atoms with Crippen LogP contribution >= 0.6 is 22.9 Å². The summed E-state index contributed by atoms with van der Waals surface area (Å²) in [5.74, 6) is 1.51. The molecule has 388 valence electrons. The van der Waals surface area contributed by atoms with E-state index in [9.17, 15) is 22.8 Å². The zero-order valence-electron chi connectivity index (χ0n) is 40.3. The Bertz CT molecular complexity index is 2960. The van der Waals surface area contributed by atoms with Crippen LogP contribution in [0.4, 0.5) is 47.1 Å². The largest absolute Gasteiger partial charge is 0.573 e. The van der Waals surface area contributed by atoms with Crippen molar-refractivity contribution in [2.45, 2.75) is 33.4 Å². The van der Waals surface area contributed by atoms with Crippen molar-refractivity contribution in [3.05, 3.63) is 130 Å². The average molecular weight is 1060 g/mol. The average Bonchev–Trinajstić information content (AvgIpc) is 4.06. The molecule has 1 aliphatic heterocycles. The van der Waals surface area contributed by atoms with Gasteiger partial charge in [0.1, 0.15) is 45.9 Å². The summed E-state index contributed by atoms with van der Waals surface area (Å²) in [5, 5.41) is 21.4. The molecule has 0 spiro atoms. The Balaban J connectivity index is 0.658. The van der Waals surface area contributed by atoms with Crippen molar-refractivity contribution in [1.82, 2.24) is 50.1 Å². The number of hydrogen-bond acceptors (Lipinski definition) is 18. The first-order valence-corrected chi connectivity index (χ1v) is 24.6. The number of anilines is 6. The fraction of sp³-hybridized carbons (Fsp3) is 0.327. The van der Waals surface area contributed by atoms with Gasteiger partial charge in [0.2, 0.25) is 0 Å². The van der Waals surface area contributed by atoms with Crippen LogP contribution < -0.4 is 30.9 Å². The summed E-state index contributed by atoms with van der Waals surface area (Å²) < 4.78 is 60.4. The number of thiazole rings is 1. The Kier molecular flexibility index (Phi) is 18.3. The fourth-order valence-corrected chi connectivity index (χ4v) is 8.47. The number of nitrogens with zero attached hydrogens (tertiary/aromatic N) is 10. The lowest BCUT2D eigenvalue weighted by molar-refractivity contribution is -0.274. The molecule has 3 aromatic carbocycles. The molecule has 4 aromatic heterocycles. The smallest absolute Gasteiger partial charge is 0.406 e. The first-order valence-electron chi connectivity index (χ1n) is 23.4. The van der Waals surface area contributed by atoms with E-state index in [2.05, 4.69) is 71.0 Å². The van der Waals surface area contributed by atoms with E-state index in [0.717, 1.165) is 49.8 Å². The number of alkyl halides is 3. The van der Waals surface area contributed by atoms with Crippen molar-refractivity contribution in [3.63, 3.8) is 0 Å². The van der Waals surface area contributed by atoms with Gasteiger partial charge in [-0.15, -0.1) is 18.3 Å². The number of amides is 2. The molecule has 74 heavy (non-hydrogen) atoms. The number of piperazine rings is 1. The maximum atomic E-state index is 12.9. The lowest BCUT2D eigenvalue weighted by Crippen LogP contribution is -2.47. The third-order valence-electron chi connectivity index (χ3n) is 11.2. The molecule has 0 atom stereocenters. The lowest BCUT2D eigenvalue weighted by Gasteiger charge is -2.35.